The van der Waals surface area contributed by atoms with E-state index in [0.717, 1.165) is 31.7 Å². The zero-order chi connectivity index (χ0) is 22.3. The average molecular weight is 442 g/mol. The van der Waals surface area contributed by atoms with Crippen LogP contribution < -0.4 is 10.6 Å². The van der Waals surface area contributed by atoms with Crippen molar-refractivity contribution in [3.63, 3.8) is 0 Å². The standard InChI is InChI=1S/C19H27N3O7S/c1-13-7-4-5-10-16(13)20-19(25)21-17(23)12-29-18(24)14-8-6-9-15(11-14)30(26,27)22(2)28-3/h6,8-9,11,13,16H,4-5,7,10,12H2,1-3H3,(H2,20,21,23,25). The molecule has 1 aromatic carbocycles. The number of sulfonamides is 1. The predicted octanol–water partition coefficient (Wildman–Crippen LogP) is 1.43. The van der Waals surface area contributed by atoms with E-state index in [1.165, 1.54) is 32.4 Å². The van der Waals surface area contributed by atoms with E-state index in [1.54, 1.807) is 0 Å². The fraction of sp³-hybridized carbons (Fsp3) is 0.526. The number of rotatable bonds is 7. The summed E-state index contributed by atoms with van der Waals surface area (Å²) in [5.74, 6) is -1.35. The van der Waals surface area contributed by atoms with Crippen molar-refractivity contribution >= 4 is 27.9 Å². The molecule has 166 valence electrons. The third-order valence-corrected chi connectivity index (χ3v) is 6.65. The van der Waals surface area contributed by atoms with Crippen LogP contribution in [0.4, 0.5) is 4.79 Å². The van der Waals surface area contributed by atoms with Gasteiger partial charge in [-0.2, -0.15) is 0 Å². The van der Waals surface area contributed by atoms with Crippen molar-refractivity contribution in [1.29, 1.82) is 0 Å². The summed E-state index contributed by atoms with van der Waals surface area (Å²) in [5.41, 5.74) is -0.0612. The van der Waals surface area contributed by atoms with E-state index in [0.29, 0.717) is 10.4 Å². The van der Waals surface area contributed by atoms with Crippen molar-refractivity contribution in [2.75, 3.05) is 20.8 Å². The number of imide groups is 1. The fourth-order valence-corrected chi connectivity index (χ4v) is 4.16. The Bertz CT molecular complexity index is 888. The first-order chi connectivity index (χ1) is 14.1. The molecule has 10 nitrogen and oxygen atoms in total. The number of nitrogens with zero attached hydrogens (tertiary/aromatic N) is 1. The van der Waals surface area contributed by atoms with Crippen LogP contribution in [0.2, 0.25) is 0 Å². The number of carbonyl (C=O) groups is 3. The minimum absolute atomic E-state index is 0.00372. The van der Waals surface area contributed by atoms with E-state index < -0.39 is 34.5 Å². The van der Waals surface area contributed by atoms with Crippen molar-refractivity contribution in [2.24, 2.45) is 5.92 Å². The Morgan fingerprint density at radius 1 is 1.20 bits per heavy atom. The molecule has 1 fully saturated rings. The van der Waals surface area contributed by atoms with E-state index in [4.69, 9.17) is 4.74 Å². The van der Waals surface area contributed by atoms with Gasteiger partial charge in [-0.1, -0.05) is 30.3 Å². The Hall–Kier alpha value is -2.50. The summed E-state index contributed by atoms with van der Waals surface area (Å²) in [7, 11) is -1.53. The molecule has 1 saturated carbocycles. The van der Waals surface area contributed by atoms with Crippen LogP contribution in [0.5, 0.6) is 0 Å². The molecule has 11 heteroatoms. The van der Waals surface area contributed by atoms with Crippen LogP contribution in [0.1, 0.15) is 43.0 Å². The molecule has 0 spiro atoms. The number of hydrogen-bond acceptors (Lipinski definition) is 7. The van der Waals surface area contributed by atoms with E-state index in [1.807, 2.05) is 6.92 Å². The summed E-state index contributed by atoms with van der Waals surface area (Å²) in [6.07, 6.45) is 4.02. The molecule has 2 N–H and O–H groups in total. The predicted molar refractivity (Wildman–Crippen MR) is 107 cm³/mol. The van der Waals surface area contributed by atoms with E-state index >= 15 is 0 Å². The molecule has 0 saturated heterocycles. The lowest BCUT2D eigenvalue weighted by atomic mass is 9.86. The summed E-state index contributed by atoms with van der Waals surface area (Å²) >= 11 is 0. The number of esters is 1. The van der Waals surface area contributed by atoms with Crippen LogP contribution in [0, 0.1) is 5.92 Å². The summed E-state index contributed by atoms with van der Waals surface area (Å²) in [6.45, 7) is 1.37. The summed E-state index contributed by atoms with van der Waals surface area (Å²) in [5, 5.41) is 4.89. The number of amides is 3. The average Bonchev–Trinajstić information content (AvgIpc) is 2.73. The highest BCUT2D eigenvalue weighted by atomic mass is 32.2. The Labute approximate surface area is 175 Å². The number of nitrogens with one attached hydrogen (secondary N) is 2. The van der Waals surface area contributed by atoms with Gasteiger partial charge >= 0.3 is 12.0 Å². The Morgan fingerprint density at radius 3 is 2.57 bits per heavy atom. The maximum Gasteiger partial charge on any atom is 0.338 e. The highest BCUT2D eigenvalue weighted by Crippen LogP contribution is 2.23. The molecule has 2 unspecified atom stereocenters. The van der Waals surface area contributed by atoms with Crippen molar-refractivity contribution in [1.82, 2.24) is 15.1 Å². The molecular formula is C19H27N3O7S. The Kier molecular flexibility index (Phi) is 8.33. The maximum atomic E-state index is 12.3. The van der Waals surface area contributed by atoms with E-state index in [-0.39, 0.29) is 16.5 Å². The topological polar surface area (TPSA) is 131 Å². The van der Waals surface area contributed by atoms with Crippen LogP contribution >= 0.6 is 0 Å². The van der Waals surface area contributed by atoms with Gasteiger partial charge in [0.25, 0.3) is 15.9 Å². The zero-order valence-electron chi connectivity index (χ0n) is 17.2. The zero-order valence-corrected chi connectivity index (χ0v) is 18.0. The number of benzene rings is 1. The lowest BCUT2D eigenvalue weighted by molar-refractivity contribution is -0.123. The lowest BCUT2D eigenvalue weighted by Crippen LogP contribution is -2.48. The van der Waals surface area contributed by atoms with Crippen molar-refractivity contribution < 1.29 is 32.4 Å². The number of carbonyl (C=O) groups excluding carboxylic acids is 3. The highest BCUT2D eigenvalue weighted by Gasteiger charge is 2.24. The highest BCUT2D eigenvalue weighted by molar-refractivity contribution is 7.89. The minimum atomic E-state index is -3.94. The second kappa shape index (κ2) is 10.5. The van der Waals surface area contributed by atoms with Crippen LogP contribution in [0.15, 0.2) is 29.2 Å². The molecule has 2 atom stereocenters. The van der Waals surface area contributed by atoms with Gasteiger partial charge in [0.2, 0.25) is 0 Å². The van der Waals surface area contributed by atoms with Crippen molar-refractivity contribution in [2.45, 2.75) is 43.5 Å². The first-order valence-electron chi connectivity index (χ1n) is 9.55. The fourth-order valence-electron chi connectivity index (χ4n) is 3.14. The normalized spacial score (nSPS) is 19.2. The maximum absolute atomic E-state index is 12.3. The van der Waals surface area contributed by atoms with Gasteiger partial charge in [0.15, 0.2) is 6.61 Å². The summed E-state index contributed by atoms with van der Waals surface area (Å²) in [6, 6.07) is 4.50. The molecular weight excluding hydrogens is 414 g/mol. The van der Waals surface area contributed by atoms with E-state index in [9.17, 15) is 22.8 Å². The third kappa shape index (κ3) is 6.25. The second-order valence-corrected chi connectivity index (χ2v) is 9.03. The monoisotopic (exact) mass is 441 g/mol. The van der Waals surface area contributed by atoms with Gasteiger partial charge in [-0.15, -0.1) is 0 Å². The van der Waals surface area contributed by atoms with Crippen molar-refractivity contribution in [3.8, 4) is 0 Å². The molecule has 0 bridgehead atoms. The molecule has 0 aromatic heterocycles. The van der Waals surface area contributed by atoms with Crippen LogP contribution in [-0.2, 0) is 24.4 Å². The Morgan fingerprint density at radius 2 is 1.90 bits per heavy atom. The summed E-state index contributed by atoms with van der Waals surface area (Å²) < 4.78 is 30.0. The number of ether oxygens (including phenoxy) is 1. The van der Waals surface area contributed by atoms with Crippen molar-refractivity contribution in [3.05, 3.63) is 29.8 Å². The smallest absolute Gasteiger partial charge is 0.338 e. The largest absolute Gasteiger partial charge is 0.452 e. The SMILES string of the molecule is CON(C)S(=O)(=O)c1cccc(C(=O)OCC(=O)NC(=O)NC2CCCCC2C)c1. The van der Waals surface area contributed by atoms with Gasteiger partial charge in [-0.3, -0.25) is 14.9 Å². The molecule has 0 heterocycles. The first kappa shape index (κ1) is 23.8. The van der Waals surface area contributed by atoms with Crippen LogP contribution in [0.25, 0.3) is 0 Å². The van der Waals surface area contributed by atoms with Crippen LogP contribution in [-0.4, -0.2) is 57.6 Å². The Balaban J connectivity index is 1.88. The van der Waals surface area contributed by atoms with Gasteiger partial charge in [-0.25, -0.2) is 18.0 Å². The second-order valence-electron chi connectivity index (χ2n) is 7.09. The first-order valence-corrected chi connectivity index (χ1v) is 11.0. The van der Waals surface area contributed by atoms with Crippen LogP contribution in [0.3, 0.4) is 0 Å². The number of hydrogen-bond donors (Lipinski definition) is 2. The van der Waals surface area contributed by atoms with Gasteiger partial charge in [0.1, 0.15) is 0 Å². The molecule has 1 aliphatic carbocycles. The summed E-state index contributed by atoms with van der Waals surface area (Å²) in [4.78, 5) is 40.5. The quantitative estimate of drug-likeness (QED) is 0.483. The van der Waals surface area contributed by atoms with Gasteiger partial charge in [0, 0.05) is 13.1 Å². The molecule has 1 aliphatic rings. The lowest BCUT2D eigenvalue weighted by Gasteiger charge is -2.29. The molecule has 0 radical (unpaired) electrons. The minimum Gasteiger partial charge on any atom is -0.452 e. The van der Waals surface area contributed by atoms with Gasteiger partial charge < -0.3 is 10.1 Å². The third-order valence-electron chi connectivity index (χ3n) is 4.98. The van der Waals surface area contributed by atoms with Gasteiger partial charge in [0.05, 0.1) is 17.6 Å². The number of urea groups is 1. The van der Waals surface area contributed by atoms with E-state index in [2.05, 4.69) is 15.5 Å². The molecule has 1 aromatic rings. The van der Waals surface area contributed by atoms with Gasteiger partial charge in [-0.05, 0) is 37.0 Å². The molecule has 3 amide bonds. The molecule has 2 rings (SSSR count). The molecule has 30 heavy (non-hydrogen) atoms. The molecule has 0 aliphatic heterocycles. The number of hydroxylamine groups is 1.